The van der Waals surface area contributed by atoms with Crippen LogP contribution in [0.1, 0.15) is 38.5 Å². The van der Waals surface area contributed by atoms with Gasteiger partial charge in [-0.15, -0.1) is 0 Å². The molecule has 102 valence electrons. The van der Waals surface area contributed by atoms with E-state index in [-0.39, 0.29) is 12.5 Å². The standard InChI is InChI=1S/C13H22N2O3/c1-14(11-3-4-11)13(18)15-8-6-10(7-9-15)2-5-12(16)17/h10-11H,2-9H2,1H3,(H,16,17). The Morgan fingerprint density at radius 1 is 1.22 bits per heavy atom. The average Bonchev–Trinajstić information content (AvgIpc) is 3.19. The number of urea groups is 1. The Hall–Kier alpha value is -1.26. The summed E-state index contributed by atoms with van der Waals surface area (Å²) in [6.45, 7) is 1.56. The summed E-state index contributed by atoms with van der Waals surface area (Å²) in [6, 6.07) is 0.608. The number of carboxylic acids is 1. The van der Waals surface area contributed by atoms with Crippen LogP contribution in [-0.4, -0.2) is 53.1 Å². The van der Waals surface area contributed by atoms with Gasteiger partial charge in [0.05, 0.1) is 0 Å². The molecule has 0 aromatic carbocycles. The van der Waals surface area contributed by atoms with Crippen molar-refractivity contribution in [1.29, 1.82) is 0 Å². The summed E-state index contributed by atoms with van der Waals surface area (Å²) in [5.74, 6) is -0.252. The maximum Gasteiger partial charge on any atom is 0.319 e. The summed E-state index contributed by atoms with van der Waals surface area (Å²) < 4.78 is 0. The van der Waals surface area contributed by atoms with Gasteiger partial charge in [0.2, 0.25) is 0 Å². The van der Waals surface area contributed by atoms with E-state index in [4.69, 9.17) is 5.11 Å². The monoisotopic (exact) mass is 254 g/mol. The Balaban J connectivity index is 1.72. The number of nitrogens with zero attached hydrogens (tertiary/aromatic N) is 2. The molecule has 2 fully saturated rings. The lowest BCUT2D eigenvalue weighted by Gasteiger charge is -2.34. The third-order valence-corrected chi connectivity index (χ3v) is 4.05. The number of amides is 2. The van der Waals surface area contributed by atoms with Crippen LogP contribution in [0.15, 0.2) is 0 Å². The Bertz CT molecular complexity index is 320. The molecule has 0 bridgehead atoms. The minimum Gasteiger partial charge on any atom is -0.481 e. The Morgan fingerprint density at radius 3 is 2.33 bits per heavy atom. The van der Waals surface area contributed by atoms with Gasteiger partial charge in [-0.25, -0.2) is 4.79 Å². The zero-order chi connectivity index (χ0) is 13.1. The van der Waals surface area contributed by atoms with Crippen molar-refractivity contribution in [2.45, 2.75) is 44.6 Å². The fourth-order valence-electron chi connectivity index (χ4n) is 2.58. The lowest BCUT2D eigenvalue weighted by molar-refractivity contribution is -0.137. The zero-order valence-electron chi connectivity index (χ0n) is 11.0. The van der Waals surface area contributed by atoms with Crippen LogP contribution in [-0.2, 0) is 4.79 Å². The topological polar surface area (TPSA) is 60.9 Å². The van der Waals surface area contributed by atoms with Gasteiger partial charge < -0.3 is 14.9 Å². The maximum atomic E-state index is 12.1. The summed E-state index contributed by atoms with van der Waals surface area (Å²) in [4.78, 5) is 26.4. The average molecular weight is 254 g/mol. The van der Waals surface area contributed by atoms with Crippen LogP contribution in [0.5, 0.6) is 0 Å². The second kappa shape index (κ2) is 5.59. The van der Waals surface area contributed by atoms with Crippen molar-refractivity contribution in [3.63, 3.8) is 0 Å². The van der Waals surface area contributed by atoms with Gasteiger partial charge in [-0.1, -0.05) is 0 Å². The fraction of sp³-hybridized carbons (Fsp3) is 0.846. The van der Waals surface area contributed by atoms with Crippen LogP contribution in [0, 0.1) is 5.92 Å². The Morgan fingerprint density at radius 2 is 1.83 bits per heavy atom. The van der Waals surface area contributed by atoms with Gasteiger partial charge in [0.15, 0.2) is 0 Å². The molecule has 0 unspecified atom stereocenters. The molecule has 0 spiro atoms. The van der Waals surface area contributed by atoms with Gasteiger partial charge in [-0.2, -0.15) is 0 Å². The van der Waals surface area contributed by atoms with E-state index in [1.807, 2.05) is 16.8 Å². The molecular formula is C13H22N2O3. The highest BCUT2D eigenvalue weighted by molar-refractivity contribution is 5.75. The summed E-state index contributed by atoms with van der Waals surface area (Å²) in [6.07, 6.45) is 5.15. The molecule has 0 radical (unpaired) electrons. The first-order valence-electron chi connectivity index (χ1n) is 6.81. The van der Waals surface area contributed by atoms with E-state index < -0.39 is 5.97 Å². The van der Waals surface area contributed by atoms with Crippen LogP contribution in [0.3, 0.4) is 0 Å². The lowest BCUT2D eigenvalue weighted by atomic mass is 9.92. The quantitative estimate of drug-likeness (QED) is 0.831. The van der Waals surface area contributed by atoms with Crippen molar-refractivity contribution < 1.29 is 14.7 Å². The number of rotatable bonds is 4. The molecule has 1 aliphatic carbocycles. The highest BCUT2D eigenvalue weighted by Crippen LogP contribution is 2.28. The molecule has 2 rings (SSSR count). The maximum absolute atomic E-state index is 12.1. The summed E-state index contributed by atoms with van der Waals surface area (Å²) in [7, 11) is 1.89. The Kier molecular flexibility index (Phi) is 4.09. The number of aliphatic carboxylic acids is 1. The number of hydrogen-bond acceptors (Lipinski definition) is 2. The van der Waals surface area contributed by atoms with E-state index in [2.05, 4.69) is 0 Å². The van der Waals surface area contributed by atoms with Crippen LogP contribution < -0.4 is 0 Å². The molecular weight excluding hydrogens is 232 g/mol. The van der Waals surface area contributed by atoms with Crippen molar-refractivity contribution >= 4 is 12.0 Å². The van der Waals surface area contributed by atoms with Crippen molar-refractivity contribution in [3.05, 3.63) is 0 Å². The third-order valence-electron chi connectivity index (χ3n) is 4.05. The first-order chi connectivity index (χ1) is 8.58. The van der Waals surface area contributed by atoms with E-state index in [0.717, 1.165) is 45.2 Å². The van der Waals surface area contributed by atoms with E-state index in [0.29, 0.717) is 12.0 Å². The molecule has 1 aliphatic heterocycles. The SMILES string of the molecule is CN(C(=O)N1CCC(CCC(=O)O)CC1)C1CC1. The second-order valence-electron chi connectivity index (χ2n) is 5.49. The molecule has 1 saturated heterocycles. The molecule has 18 heavy (non-hydrogen) atoms. The van der Waals surface area contributed by atoms with Crippen LogP contribution in [0.4, 0.5) is 4.79 Å². The number of piperidine rings is 1. The normalized spacial score (nSPS) is 20.8. The van der Waals surface area contributed by atoms with E-state index >= 15 is 0 Å². The van der Waals surface area contributed by atoms with Gasteiger partial charge in [-0.3, -0.25) is 4.79 Å². The van der Waals surface area contributed by atoms with Crippen molar-refractivity contribution in [1.82, 2.24) is 9.80 Å². The molecule has 1 heterocycles. The Labute approximate surface area is 108 Å². The highest BCUT2D eigenvalue weighted by Gasteiger charge is 2.33. The molecule has 0 atom stereocenters. The molecule has 5 heteroatoms. The first kappa shape index (κ1) is 13.2. The second-order valence-corrected chi connectivity index (χ2v) is 5.49. The molecule has 1 saturated carbocycles. The predicted molar refractivity (Wildman–Crippen MR) is 67.3 cm³/mol. The number of carbonyl (C=O) groups is 2. The summed E-state index contributed by atoms with van der Waals surface area (Å²) >= 11 is 0. The smallest absolute Gasteiger partial charge is 0.319 e. The lowest BCUT2D eigenvalue weighted by Crippen LogP contribution is -2.46. The third kappa shape index (κ3) is 3.37. The predicted octanol–water partition coefficient (Wildman–Crippen LogP) is 1.78. The van der Waals surface area contributed by atoms with Gasteiger partial charge in [-0.05, 0) is 38.0 Å². The van der Waals surface area contributed by atoms with E-state index in [1.54, 1.807) is 0 Å². The van der Waals surface area contributed by atoms with Gasteiger partial charge >= 0.3 is 12.0 Å². The van der Waals surface area contributed by atoms with Crippen molar-refractivity contribution in [3.8, 4) is 0 Å². The van der Waals surface area contributed by atoms with Crippen LogP contribution in [0.25, 0.3) is 0 Å². The summed E-state index contributed by atoms with van der Waals surface area (Å²) in [5, 5.41) is 8.65. The van der Waals surface area contributed by atoms with Crippen molar-refractivity contribution in [2.24, 2.45) is 5.92 Å². The minimum absolute atomic E-state index is 0.147. The van der Waals surface area contributed by atoms with Gasteiger partial charge in [0.1, 0.15) is 0 Å². The molecule has 2 aliphatic rings. The van der Waals surface area contributed by atoms with Crippen LogP contribution in [0.2, 0.25) is 0 Å². The van der Waals surface area contributed by atoms with E-state index in [1.165, 1.54) is 0 Å². The summed E-state index contributed by atoms with van der Waals surface area (Å²) in [5.41, 5.74) is 0. The molecule has 2 amide bonds. The number of carbonyl (C=O) groups excluding carboxylic acids is 1. The van der Waals surface area contributed by atoms with E-state index in [9.17, 15) is 9.59 Å². The first-order valence-corrected chi connectivity index (χ1v) is 6.81. The molecule has 5 nitrogen and oxygen atoms in total. The van der Waals surface area contributed by atoms with Crippen LogP contribution >= 0.6 is 0 Å². The van der Waals surface area contributed by atoms with Crippen molar-refractivity contribution in [2.75, 3.05) is 20.1 Å². The fourth-order valence-corrected chi connectivity index (χ4v) is 2.58. The molecule has 0 aromatic rings. The largest absolute Gasteiger partial charge is 0.481 e. The highest BCUT2D eigenvalue weighted by atomic mass is 16.4. The van der Waals surface area contributed by atoms with Gasteiger partial charge in [0.25, 0.3) is 0 Å². The number of carboxylic acid groups (broad SMARTS) is 1. The number of likely N-dealkylation sites (tertiary alicyclic amines) is 1. The molecule has 1 N–H and O–H groups in total. The zero-order valence-corrected chi connectivity index (χ0v) is 11.0. The number of hydrogen-bond donors (Lipinski definition) is 1. The van der Waals surface area contributed by atoms with Gasteiger partial charge in [0, 0.05) is 32.6 Å². The minimum atomic E-state index is -0.720. The molecule has 0 aromatic heterocycles.